The lowest BCUT2D eigenvalue weighted by atomic mass is 9.82. The van der Waals surface area contributed by atoms with E-state index in [9.17, 15) is 14.4 Å². The number of aliphatic carboxylic acids is 1. The summed E-state index contributed by atoms with van der Waals surface area (Å²) in [5.74, 6) is -0.660. The minimum absolute atomic E-state index is 0.0856. The lowest BCUT2D eigenvalue weighted by molar-refractivity contribution is -0.131. The minimum atomic E-state index is -1.11. The summed E-state index contributed by atoms with van der Waals surface area (Å²) >= 11 is 0. The van der Waals surface area contributed by atoms with Crippen molar-refractivity contribution in [2.24, 2.45) is 5.41 Å². The van der Waals surface area contributed by atoms with E-state index in [1.165, 1.54) is 13.0 Å². The van der Waals surface area contributed by atoms with E-state index in [2.05, 4.69) is 5.32 Å². The fourth-order valence-corrected chi connectivity index (χ4v) is 2.97. The summed E-state index contributed by atoms with van der Waals surface area (Å²) in [5.41, 5.74) is 0.737. The Kier molecular flexibility index (Phi) is 8.54. The van der Waals surface area contributed by atoms with Gasteiger partial charge in [-0.25, -0.2) is 9.59 Å². The largest absolute Gasteiger partial charge is 0.491 e. The van der Waals surface area contributed by atoms with E-state index in [4.69, 9.17) is 19.7 Å². The molecular weight excluding hydrogens is 414 g/mol. The van der Waals surface area contributed by atoms with E-state index in [-0.39, 0.29) is 19.0 Å². The van der Waals surface area contributed by atoms with Crippen LogP contribution in [0.2, 0.25) is 0 Å². The Balaban J connectivity index is 2.24. The molecule has 170 valence electrons. The average molecular weight is 441 g/mol. The number of carbonyl (C=O) groups excluding carboxylic acids is 2. The zero-order valence-electron chi connectivity index (χ0n) is 18.2. The van der Waals surface area contributed by atoms with Crippen molar-refractivity contribution in [3.05, 3.63) is 71.8 Å². The fourth-order valence-electron chi connectivity index (χ4n) is 2.97. The average Bonchev–Trinajstić information content (AvgIpc) is 2.75. The highest BCUT2D eigenvalue weighted by Gasteiger charge is 2.32. The van der Waals surface area contributed by atoms with Gasteiger partial charge in [-0.3, -0.25) is 10.1 Å². The first-order chi connectivity index (χ1) is 15.1. The Bertz CT molecular complexity index is 963. The molecule has 2 aromatic rings. The molecule has 0 aromatic heterocycles. The smallest absolute Gasteiger partial charge is 0.412 e. The predicted octanol–water partition coefficient (Wildman–Crippen LogP) is 4.22. The molecule has 0 saturated carbocycles. The van der Waals surface area contributed by atoms with Crippen LogP contribution in [-0.2, 0) is 9.53 Å². The van der Waals surface area contributed by atoms with Gasteiger partial charge in [0.25, 0.3) is 0 Å². The molecule has 3 N–H and O–H groups in total. The molecule has 0 unspecified atom stereocenters. The first kappa shape index (κ1) is 24.6. The number of aliphatic hydroxyl groups is 1. The summed E-state index contributed by atoms with van der Waals surface area (Å²) < 4.78 is 11.0. The highest BCUT2D eigenvalue weighted by atomic mass is 16.6. The third-order valence-corrected chi connectivity index (χ3v) is 4.64. The van der Waals surface area contributed by atoms with Crippen molar-refractivity contribution in [3.63, 3.8) is 0 Å². The molecule has 8 heteroatoms. The molecule has 2 aromatic carbocycles. The summed E-state index contributed by atoms with van der Waals surface area (Å²) in [4.78, 5) is 35.0. The van der Waals surface area contributed by atoms with Gasteiger partial charge < -0.3 is 19.7 Å². The maximum Gasteiger partial charge on any atom is 0.412 e. The molecule has 0 bridgehead atoms. The molecule has 1 amide bonds. The van der Waals surface area contributed by atoms with Crippen LogP contribution >= 0.6 is 0 Å². The van der Waals surface area contributed by atoms with Crippen molar-refractivity contribution in [2.45, 2.75) is 26.9 Å². The van der Waals surface area contributed by atoms with Crippen LogP contribution in [-0.4, -0.2) is 41.3 Å². The lowest BCUT2D eigenvalue weighted by Crippen LogP contribution is -2.27. The molecule has 0 heterocycles. The Morgan fingerprint density at radius 3 is 2.22 bits per heavy atom. The number of nitrogens with one attached hydrogen (secondary N) is 1. The molecule has 0 aliphatic carbocycles. The van der Waals surface area contributed by atoms with Crippen molar-refractivity contribution in [2.75, 3.05) is 18.5 Å². The van der Waals surface area contributed by atoms with E-state index in [0.717, 1.165) is 6.08 Å². The molecular formula is C24H27NO7. The van der Waals surface area contributed by atoms with Crippen molar-refractivity contribution in [1.82, 2.24) is 0 Å². The maximum atomic E-state index is 12.6. The van der Waals surface area contributed by atoms with Crippen LogP contribution in [0, 0.1) is 5.41 Å². The third kappa shape index (κ3) is 7.24. The molecule has 8 nitrogen and oxygen atoms in total. The van der Waals surface area contributed by atoms with Gasteiger partial charge in [0.15, 0.2) is 5.78 Å². The molecule has 0 aliphatic heterocycles. The zero-order chi connectivity index (χ0) is 23.7. The van der Waals surface area contributed by atoms with Crippen LogP contribution in [0.3, 0.4) is 0 Å². The molecule has 0 radical (unpaired) electrons. The molecule has 0 spiro atoms. The summed E-state index contributed by atoms with van der Waals surface area (Å²) in [6.45, 7) is 4.99. The van der Waals surface area contributed by atoms with E-state index in [1.807, 2.05) is 0 Å². The van der Waals surface area contributed by atoms with Gasteiger partial charge in [0, 0.05) is 22.7 Å². The number of hydrogen-bond acceptors (Lipinski definition) is 6. The number of aliphatic hydroxyl groups excluding tert-OH is 1. The number of ketones is 1. The van der Waals surface area contributed by atoms with Crippen LogP contribution < -0.4 is 10.1 Å². The Morgan fingerprint density at radius 2 is 1.69 bits per heavy atom. The second-order valence-electron chi connectivity index (χ2n) is 7.68. The number of Topliss-reactive ketones (excluding diaryl/α,β-unsaturated/α-hetero) is 1. The van der Waals surface area contributed by atoms with E-state index < -0.39 is 23.6 Å². The quantitative estimate of drug-likeness (QED) is 0.373. The monoisotopic (exact) mass is 441 g/mol. The number of carboxylic acids is 1. The highest BCUT2D eigenvalue weighted by molar-refractivity contribution is 5.95. The highest BCUT2D eigenvalue weighted by Crippen LogP contribution is 2.38. The Morgan fingerprint density at radius 1 is 1.06 bits per heavy atom. The van der Waals surface area contributed by atoms with E-state index in [1.54, 1.807) is 62.4 Å². The molecule has 32 heavy (non-hydrogen) atoms. The number of benzene rings is 2. The van der Waals surface area contributed by atoms with Gasteiger partial charge in [0.1, 0.15) is 18.5 Å². The lowest BCUT2D eigenvalue weighted by Gasteiger charge is -2.31. The number of rotatable bonds is 10. The molecule has 0 fully saturated rings. The van der Waals surface area contributed by atoms with Gasteiger partial charge >= 0.3 is 12.1 Å². The maximum absolute atomic E-state index is 12.6. The first-order valence-electron chi connectivity index (χ1n) is 9.97. The molecule has 2 rings (SSSR count). The van der Waals surface area contributed by atoms with Gasteiger partial charge in [-0.05, 0) is 48.9 Å². The second kappa shape index (κ2) is 11.1. The summed E-state index contributed by atoms with van der Waals surface area (Å²) in [5, 5.41) is 20.5. The number of anilines is 1. The molecule has 1 atom stereocenters. The predicted molar refractivity (Wildman–Crippen MR) is 119 cm³/mol. The van der Waals surface area contributed by atoms with Crippen LogP contribution in [0.25, 0.3) is 0 Å². The van der Waals surface area contributed by atoms with E-state index >= 15 is 0 Å². The second-order valence-corrected chi connectivity index (χ2v) is 7.68. The number of amides is 1. The molecule has 0 aliphatic rings. The van der Waals surface area contributed by atoms with Crippen LogP contribution in [0.15, 0.2) is 60.7 Å². The van der Waals surface area contributed by atoms with Crippen LogP contribution in [0.1, 0.15) is 42.8 Å². The van der Waals surface area contributed by atoms with E-state index in [0.29, 0.717) is 22.6 Å². The number of carboxylic acid groups (broad SMARTS) is 1. The van der Waals surface area contributed by atoms with Crippen molar-refractivity contribution in [3.8, 4) is 5.75 Å². The number of carbonyl (C=O) groups is 3. The van der Waals surface area contributed by atoms with Crippen molar-refractivity contribution in [1.29, 1.82) is 0 Å². The van der Waals surface area contributed by atoms with Crippen molar-refractivity contribution < 1.29 is 34.1 Å². The van der Waals surface area contributed by atoms with Crippen LogP contribution in [0.5, 0.6) is 5.75 Å². The topological polar surface area (TPSA) is 122 Å². The minimum Gasteiger partial charge on any atom is -0.491 e. The summed E-state index contributed by atoms with van der Waals surface area (Å²) in [7, 11) is 0. The Labute approximate surface area is 186 Å². The SMILES string of the molecule is CC(=O)c1ccc(NC(=O)O[C@H](c2ccc(OCCO)cc2)C(C)(C)/C=C/C(=O)O)cc1. The first-order valence-corrected chi connectivity index (χ1v) is 9.97. The van der Waals surface area contributed by atoms with Gasteiger partial charge in [0.2, 0.25) is 0 Å². The number of ether oxygens (including phenoxy) is 2. The summed E-state index contributed by atoms with van der Waals surface area (Å²) in [6, 6.07) is 13.2. The van der Waals surface area contributed by atoms with Crippen LogP contribution in [0.4, 0.5) is 10.5 Å². The normalized spacial score (nSPS) is 12.2. The van der Waals surface area contributed by atoms with Crippen molar-refractivity contribution >= 4 is 23.5 Å². The zero-order valence-corrected chi connectivity index (χ0v) is 18.2. The van der Waals surface area contributed by atoms with Gasteiger partial charge in [-0.1, -0.05) is 32.1 Å². The van der Waals surface area contributed by atoms with Gasteiger partial charge in [0.05, 0.1) is 6.61 Å². The Hall–Kier alpha value is -3.65. The third-order valence-electron chi connectivity index (χ3n) is 4.64. The fraction of sp³-hybridized carbons (Fsp3) is 0.292. The van der Waals surface area contributed by atoms with Gasteiger partial charge in [-0.2, -0.15) is 0 Å². The molecule has 0 saturated heterocycles. The standard InChI is InChI=1S/C24H27NO7/c1-16(27)17-4-8-19(9-5-17)25-23(30)32-22(24(2,3)13-12-21(28)29)18-6-10-20(11-7-18)31-15-14-26/h4-13,22,26H,14-15H2,1-3H3,(H,25,30)(H,28,29)/b13-12+/t22-/m1/s1. The van der Waals surface area contributed by atoms with Gasteiger partial charge in [-0.15, -0.1) is 0 Å². The number of hydrogen-bond donors (Lipinski definition) is 3. The summed E-state index contributed by atoms with van der Waals surface area (Å²) in [6.07, 6.45) is 0.919.